The quantitative estimate of drug-likeness (QED) is 0.503. The van der Waals surface area contributed by atoms with Crippen LogP contribution >= 0.6 is 0 Å². The monoisotopic (exact) mass is 147 g/mol. The zero-order valence-corrected chi connectivity index (χ0v) is 6.88. The van der Waals surface area contributed by atoms with Crippen LogP contribution in [0.4, 0.5) is 0 Å². The predicted octanol–water partition coefficient (Wildman–Crippen LogP) is 1.61. The first kappa shape index (κ1) is 5.23. The molecule has 2 aliphatic carbocycles. The molecule has 1 saturated heterocycles. The highest BCUT2D eigenvalue weighted by molar-refractivity contribution is 5.42. The average Bonchev–Trinajstić information content (AvgIpc) is 2.09. The normalized spacial score (nSPS) is 61.7. The first-order valence-corrected chi connectivity index (χ1v) is 4.79. The highest BCUT2D eigenvalue weighted by Crippen LogP contribution is 2.71. The third-order valence-electron chi connectivity index (χ3n) is 4.83. The summed E-state index contributed by atoms with van der Waals surface area (Å²) in [4.78, 5) is 2.59. The smallest absolute Gasteiger partial charge is 0.0472 e. The van der Waals surface area contributed by atoms with Gasteiger partial charge in [-0.05, 0) is 37.2 Å². The van der Waals surface area contributed by atoms with Crippen molar-refractivity contribution in [1.82, 2.24) is 4.90 Å². The molecule has 4 atom stereocenters. The van der Waals surface area contributed by atoms with E-state index in [0.29, 0.717) is 5.54 Å². The Hall–Kier alpha value is -0.460. The lowest BCUT2D eigenvalue weighted by Gasteiger charge is -2.63. The van der Waals surface area contributed by atoms with Gasteiger partial charge in [-0.15, -0.1) is 0 Å². The Morgan fingerprint density at radius 3 is 2.91 bits per heavy atom. The minimum atomic E-state index is 0.623. The molecule has 3 fully saturated rings. The summed E-state index contributed by atoms with van der Waals surface area (Å²) in [6.45, 7) is 3.79. The van der Waals surface area contributed by atoms with Gasteiger partial charge in [0.2, 0.25) is 0 Å². The molecular weight excluding hydrogens is 134 g/mol. The summed E-state index contributed by atoms with van der Waals surface area (Å²) in [6.07, 6.45) is 5.45. The second-order valence-corrected chi connectivity index (χ2v) is 4.88. The lowest BCUT2D eigenvalue weighted by atomic mass is 9.44. The minimum Gasteiger partial charge on any atom is -0.367 e. The molecule has 0 aromatic rings. The topological polar surface area (TPSA) is 3.24 Å². The molecule has 1 heteroatoms. The zero-order valence-electron chi connectivity index (χ0n) is 6.88. The number of fused-ring (bicyclic) bond motifs is 1. The predicted molar refractivity (Wildman–Crippen MR) is 42.9 cm³/mol. The van der Waals surface area contributed by atoms with Crippen molar-refractivity contribution < 1.29 is 0 Å². The van der Waals surface area contributed by atoms with Gasteiger partial charge in [-0.1, -0.05) is 0 Å². The van der Waals surface area contributed by atoms with E-state index >= 15 is 0 Å². The van der Waals surface area contributed by atoms with Crippen molar-refractivity contribution in [2.45, 2.75) is 25.3 Å². The van der Waals surface area contributed by atoms with E-state index in [1.807, 2.05) is 0 Å². The van der Waals surface area contributed by atoms with Crippen molar-refractivity contribution in [2.75, 3.05) is 6.54 Å². The van der Waals surface area contributed by atoms with Gasteiger partial charge in [0.25, 0.3) is 0 Å². The van der Waals surface area contributed by atoms with Gasteiger partial charge in [-0.25, -0.2) is 0 Å². The van der Waals surface area contributed by atoms with Crippen LogP contribution in [0.2, 0.25) is 0 Å². The van der Waals surface area contributed by atoms with E-state index in [1.54, 1.807) is 5.57 Å². The lowest BCUT2D eigenvalue weighted by Crippen LogP contribution is -2.66. The van der Waals surface area contributed by atoms with Crippen LogP contribution < -0.4 is 0 Å². The number of nitrogens with zero attached hydrogens (tertiary/aromatic N) is 1. The van der Waals surface area contributed by atoms with Crippen LogP contribution in [0.25, 0.3) is 0 Å². The third-order valence-corrected chi connectivity index (χ3v) is 4.83. The van der Waals surface area contributed by atoms with Crippen LogP contribution in [0.1, 0.15) is 19.8 Å². The van der Waals surface area contributed by atoms with Crippen molar-refractivity contribution in [3.05, 3.63) is 11.8 Å². The number of rotatable bonds is 0. The van der Waals surface area contributed by atoms with Gasteiger partial charge in [0, 0.05) is 24.2 Å². The molecule has 5 aliphatic rings. The summed E-state index contributed by atoms with van der Waals surface area (Å²) >= 11 is 0. The van der Waals surface area contributed by atoms with E-state index in [0.717, 1.165) is 17.8 Å². The fourth-order valence-corrected chi connectivity index (χ4v) is 4.10. The van der Waals surface area contributed by atoms with Crippen molar-refractivity contribution in [3.63, 3.8) is 0 Å². The summed E-state index contributed by atoms with van der Waals surface area (Å²) < 4.78 is 0. The first-order valence-electron chi connectivity index (χ1n) is 4.79. The molecule has 11 heavy (non-hydrogen) atoms. The maximum atomic E-state index is 2.59. The molecule has 0 aromatic heterocycles. The van der Waals surface area contributed by atoms with Crippen molar-refractivity contribution in [1.29, 1.82) is 0 Å². The molecule has 2 bridgehead atoms. The molecule has 2 saturated carbocycles. The van der Waals surface area contributed by atoms with Crippen LogP contribution in [0.15, 0.2) is 11.8 Å². The molecule has 0 amide bonds. The molecule has 0 radical (unpaired) electrons. The van der Waals surface area contributed by atoms with Crippen LogP contribution in [0.5, 0.6) is 0 Å². The maximum absolute atomic E-state index is 2.59. The second-order valence-electron chi connectivity index (χ2n) is 4.88. The standard InChI is InChI=1S/C10H13N/c1-10-8-3-2-7(8)9(10)6-4-11(10)5-6/h4,7-9H,2-3,5H2,1H3/t7?,8?,9-,10?/m1/s1. The minimum absolute atomic E-state index is 0.623. The molecule has 0 N–H and O–H groups in total. The second kappa shape index (κ2) is 1.16. The van der Waals surface area contributed by atoms with E-state index in [9.17, 15) is 0 Å². The molecule has 1 nitrogen and oxygen atoms in total. The largest absolute Gasteiger partial charge is 0.367 e. The van der Waals surface area contributed by atoms with Crippen molar-refractivity contribution in [2.24, 2.45) is 17.8 Å². The Morgan fingerprint density at radius 1 is 1.55 bits per heavy atom. The van der Waals surface area contributed by atoms with Crippen LogP contribution in [0.3, 0.4) is 0 Å². The van der Waals surface area contributed by atoms with Gasteiger partial charge in [-0.3, -0.25) is 0 Å². The molecule has 5 rings (SSSR count). The zero-order chi connectivity index (χ0) is 7.22. The molecule has 0 aromatic carbocycles. The van der Waals surface area contributed by atoms with Gasteiger partial charge >= 0.3 is 0 Å². The van der Waals surface area contributed by atoms with E-state index in [2.05, 4.69) is 18.0 Å². The van der Waals surface area contributed by atoms with Gasteiger partial charge in [0.15, 0.2) is 0 Å². The molecular formula is C10H13N. The lowest BCUT2D eigenvalue weighted by molar-refractivity contribution is -0.125. The third kappa shape index (κ3) is 0.300. The Balaban J connectivity index is 1.88. The molecule has 58 valence electrons. The molecule has 0 spiro atoms. The summed E-state index contributed by atoms with van der Waals surface area (Å²) in [5.41, 5.74) is 2.39. The van der Waals surface area contributed by atoms with Gasteiger partial charge in [0.1, 0.15) is 0 Å². The Kier molecular flexibility index (Phi) is 0.550. The van der Waals surface area contributed by atoms with Crippen molar-refractivity contribution >= 4 is 0 Å². The van der Waals surface area contributed by atoms with E-state index in [1.165, 1.54) is 19.4 Å². The Bertz CT molecular complexity index is 281. The van der Waals surface area contributed by atoms with E-state index in [-0.39, 0.29) is 0 Å². The van der Waals surface area contributed by atoms with Gasteiger partial charge in [-0.2, -0.15) is 0 Å². The van der Waals surface area contributed by atoms with Crippen LogP contribution in [-0.2, 0) is 0 Å². The average molecular weight is 147 g/mol. The number of hydrogen-bond acceptors (Lipinski definition) is 1. The Morgan fingerprint density at radius 2 is 2.36 bits per heavy atom. The van der Waals surface area contributed by atoms with E-state index in [4.69, 9.17) is 0 Å². The van der Waals surface area contributed by atoms with Gasteiger partial charge < -0.3 is 4.90 Å². The highest BCUT2D eigenvalue weighted by atomic mass is 15.3. The fraction of sp³-hybridized carbons (Fsp3) is 0.800. The summed E-state index contributed by atoms with van der Waals surface area (Å²) in [5.74, 6) is 3.18. The molecule has 3 heterocycles. The fourth-order valence-electron chi connectivity index (χ4n) is 4.10. The first-order chi connectivity index (χ1) is 5.32. The van der Waals surface area contributed by atoms with Crippen molar-refractivity contribution in [3.8, 4) is 0 Å². The molecule has 3 unspecified atom stereocenters. The SMILES string of the molecule is CC12C3CCC3[C@H]1C1=CN2C1. The highest BCUT2D eigenvalue weighted by Gasteiger charge is 2.71. The summed E-state index contributed by atoms with van der Waals surface area (Å²) in [5, 5.41) is 0. The van der Waals surface area contributed by atoms with Gasteiger partial charge in [0.05, 0.1) is 0 Å². The Labute approximate surface area is 67.1 Å². The number of hydrogen-bond donors (Lipinski definition) is 0. The summed E-state index contributed by atoms with van der Waals surface area (Å²) in [7, 11) is 0. The van der Waals surface area contributed by atoms with E-state index < -0.39 is 0 Å². The van der Waals surface area contributed by atoms with Crippen LogP contribution in [0, 0.1) is 17.8 Å². The maximum Gasteiger partial charge on any atom is 0.0472 e. The van der Waals surface area contributed by atoms with Crippen LogP contribution in [-0.4, -0.2) is 17.0 Å². The molecule has 3 aliphatic heterocycles. The summed E-state index contributed by atoms with van der Waals surface area (Å²) in [6, 6.07) is 0.